The first kappa shape index (κ1) is 16.5. The standard InChI is InChI=1S/C17H23NO4/c1-3-17(2,21)14-7-5-4-6-12(14)11-22-15-9-18-16(20)8-13(15)10-19/h8-10,21H,3-7,11H2,1-2H3,(H,18,20). The van der Waals surface area contributed by atoms with Gasteiger partial charge in [0.2, 0.25) is 5.88 Å². The van der Waals surface area contributed by atoms with E-state index >= 15 is 0 Å². The number of hydrogen-bond acceptors (Lipinski definition) is 5. The molecular weight excluding hydrogens is 282 g/mol. The molecule has 5 heteroatoms. The van der Waals surface area contributed by atoms with E-state index in [1.165, 1.54) is 12.3 Å². The average Bonchev–Trinajstić information content (AvgIpc) is 2.53. The molecule has 1 aromatic rings. The highest BCUT2D eigenvalue weighted by atomic mass is 16.5. The zero-order valence-electron chi connectivity index (χ0n) is 13.1. The lowest BCUT2D eigenvalue weighted by molar-refractivity contribution is 0.0861. The number of aromatic nitrogens is 1. The Bertz CT molecular complexity index is 578. The highest BCUT2D eigenvalue weighted by molar-refractivity contribution is 5.79. The van der Waals surface area contributed by atoms with Crippen molar-refractivity contribution >= 4 is 6.29 Å². The Balaban J connectivity index is 2.20. The van der Waals surface area contributed by atoms with E-state index in [4.69, 9.17) is 4.74 Å². The highest BCUT2D eigenvalue weighted by Gasteiger charge is 2.28. The van der Waals surface area contributed by atoms with E-state index < -0.39 is 5.60 Å². The van der Waals surface area contributed by atoms with Crippen LogP contribution in [0.3, 0.4) is 0 Å². The van der Waals surface area contributed by atoms with Crippen LogP contribution in [0.25, 0.3) is 0 Å². The van der Waals surface area contributed by atoms with E-state index in [1.54, 1.807) is 0 Å². The summed E-state index contributed by atoms with van der Waals surface area (Å²) in [5.74, 6) is 0.141. The van der Waals surface area contributed by atoms with Gasteiger partial charge in [-0.1, -0.05) is 6.92 Å². The summed E-state index contributed by atoms with van der Waals surface area (Å²) < 4.78 is 5.72. The number of aromatic hydroxyl groups is 1. The van der Waals surface area contributed by atoms with Crippen LogP contribution >= 0.6 is 0 Å². The van der Waals surface area contributed by atoms with Crippen molar-refractivity contribution in [3.63, 3.8) is 0 Å². The first-order valence-electron chi connectivity index (χ1n) is 7.68. The van der Waals surface area contributed by atoms with E-state index in [0.29, 0.717) is 25.1 Å². The molecule has 2 rings (SSSR count). The molecule has 1 atom stereocenters. The van der Waals surface area contributed by atoms with Crippen molar-refractivity contribution in [2.24, 2.45) is 0 Å². The molecule has 2 N–H and O–H groups in total. The van der Waals surface area contributed by atoms with Crippen LogP contribution in [0, 0.1) is 0 Å². The fraction of sp³-hybridized carbons (Fsp3) is 0.529. The maximum atomic E-state index is 11.0. The van der Waals surface area contributed by atoms with Crippen molar-refractivity contribution in [1.29, 1.82) is 0 Å². The quantitative estimate of drug-likeness (QED) is 0.624. The van der Waals surface area contributed by atoms with Crippen molar-refractivity contribution in [1.82, 2.24) is 4.98 Å². The smallest absolute Gasteiger partial charge is 0.211 e. The second kappa shape index (κ2) is 6.92. The number of nitrogens with zero attached hydrogens (tertiary/aromatic N) is 1. The van der Waals surface area contributed by atoms with Gasteiger partial charge in [0.15, 0.2) is 6.29 Å². The van der Waals surface area contributed by atoms with Gasteiger partial charge in [0.05, 0.1) is 17.4 Å². The second-order valence-electron chi connectivity index (χ2n) is 5.90. The topological polar surface area (TPSA) is 79.7 Å². The first-order chi connectivity index (χ1) is 10.5. The van der Waals surface area contributed by atoms with Crippen LogP contribution in [0.1, 0.15) is 56.3 Å². The molecule has 0 radical (unpaired) electrons. The van der Waals surface area contributed by atoms with Gasteiger partial charge in [-0.15, -0.1) is 0 Å². The third-order valence-corrected chi connectivity index (χ3v) is 4.33. The maximum Gasteiger partial charge on any atom is 0.211 e. The molecular formula is C17H23NO4. The van der Waals surface area contributed by atoms with Gasteiger partial charge in [-0.25, -0.2) is 4.98 Å². The van der Waals surface area contributed by atoms with Gasteiger partial charge >= 0.3 is 0 Å². The van der Waals surface area contributed by atoms with Crippen LogP contribution in [0.2, 0.25) is 0 Å². The van der Waals surface area contributed by atoms with Crippen LogP contribution in [0.5, 0.6) is 11.6 Å². The Labute approximate surface area is 130 Å². The molecule has 1 aromatic heterocycles. The first-order valence-corrected chi connectivity index (χ1v) is 7.68. The number of ether oxygens (including phenoxy) is 1. The van der Waals surface area contributed by atoms with Gasteiger partial charge in [0.25, 0.3) is 0 Å². The zero-order chi connectivity index (χ0) is 16.2. The average molecular weight is 305 g/mol. The number of aldehydes is 1. The molecule has 0 aromatic carbocycles. The Hall–Kier alpha value is -1.88. The summed E-state index contributed by atoms with van der Waals surface area (Å²) in [4.78, 5) is 14.8. The molecule has 1 aliphatic carbocycles. The van der Waals surface area contributed by atoms with Crippen molar-refractivity contribution in [2.75, 3.05) is 6.61 Å². The van der Waals surface area contributed by atoms with Crippen molar-refractivity contribution in [3.05, 3.63) is 29.0 Å². The Kier molecular flexibility index (Phi) is 5.19. The van der Waals surface area contributed by atoms with Gasteiger partial charge < -0.3 is 14.9 Å². The molecule has 0 saturated heterocycles. The second-order valence-corrected chi connectivity index (χ2v) is 5.90. The third kappa shape index (κ3) is 3.65. The summed E-state index contributed by atoms with van der Waals surface area (Å²) in [6.07, 6.45) is 6.58. The van der Waals surface area contributed by atoms with Crippen LogP contribution in [-0.4, -0.2) is 33.7 Å². The van der Waals surface area contributed by atoms with Crippen LogP contribution < -0.4 is 4.74 Å². The minimum atomic E-state index is -0.806. The van der Waals surface area contributed by atoms with Crippen molar-refractivity contribution < 1.29 is 19.7 Å². The molecule has 0 bridgehead atoms. The van der Waals surface area contributed by atoms with Crippen LogP contribution in [-0.2, 0) is 0 Å². The van der Waals surface area contributed by atoms with Crippen LogP contribution in [0.15, 0.2) is 23.4 Å². The summed E-state index contributed by atoms with van der Waals surface area (Å²) in [6.45, 7) is 4.14. The SMILES string of the molecule is CCC(C)(O)C1=C(COc2cnc(O)cc2C=O)CCCC1. The van der Waals surface area contributed by atoms with E-state index in [9.17, 15) is 15.0 Å². The molecule has 0 fully saturated rings. The number of aliphatic hydroxyl groups is 1. The molecule has 120 valence electrons. The normalized spacial score (nSPS) is 18.0. The molecule has 1 heterocycles. The predicted molar refractivity (Wildman–Crippen MR) is 83.2 cm³/mol. The molecule has 0 saturated carbocycles. The number of hydrogen-bond donors (Lipinski definition) is 2. The zero-order valence-corrected chi connectivity index (χ0v) is 13.1. The van der Waals surface area contributed by atoms with Gasteiger partial charge in [-0.3, -0.25) is 4.79 Å². The monoisotopic (exact) mass is 305 g/mol. The van der Waals surface area contributed by atoms with E-state index in [0.717, 1.165) is 36.8 Å². The molecule has 0 amide bonds. The Morgan fingerprint density at radius 3 is 2.82 bits per heavy atom. The number of carbonyl (C=O) groups excluding carboxylic acids is 1. The largest absolute Gasteiger partial charge is 0.493 e. The molecule has 22 heavy (non-hydrogen) atoms. The van der Waals surface area contributed by atoms with Gasteiger partial charge in [-0.2, -0.15) is 0 Å². The van der Waals surface area contributed by atoms with Gasteiger partial charge in [0, 0.05) is 6.07 Å². The minimum Gasteiger partial charge on any atom is -0.493 e. The molecule has 1 unspecified atom stereocenters. The fourth-order valence-corrected chi connectivity index (χ4v) is 2.81. The number of rotatable bonds is 6. The minimum absolute atomic E-state index is 0.207. The lowest BCUT2D eigenvalue weighted by atomic mass is 9.81. The molecule has 0 spiro atoms. The lowest BCUT2D eigenvalue weighted by Gasteiger charge is -2.31. The molecule has 1 aliphatic rings. The number of pyridine rings is 1. The fourth-order valence-electron chi connectivity index (χ4n) is 2.81. The summed E-state index contributed by atoms with van der Waals surface area (Å²) in [5.41, 5.74) is 1.62. The van der Waals surface area contributed by atoms with Crippen molar-refractivity contribution in [2.45, 2.75) is 51.6 Å². The lowest BCUT2D eigenvalue weighted by Crippen LogP contribution is -2.29. The third-order valence-electron chi connectivity index (χ3n) is 4.33. The summed E-state index contributed by atoms with van der Waals surface area (Å²) in [7, 11) is 0. The molecule has 5 nitrogen and oxygen atoms in total. The summed E-state index contributed by atoms with van der Waals surface area (Å²) in [5, 5.41) is 19.8. The number of carbonyl (C=O) groups is 1. The Morgan fingerprint density at radius 1 is 1.41 bits per heavy atom. The summed E-state index contributed by atoms with van der Waals surface area (Å²) >= 11 is 0. The van der Waals surface area contributed by atoms with Crippen LogP contribution in [0.4, 0.5) is 0 Å². The Morgan fingerprint density at radius 2 is 2.14 bits per heavy atom. The van der Waals surface area contributed by atoms with E-state index in [1.807, 2.05) is 13.8 Å². The highest BCUT2D eigenvalue weighted by Crippen LogP contribution is 2.34. The van der Waals surface area contributed by atoms with Gasteiger partial charge in [0.1, 0.15) is 12.4 Å². The molecule has 0 aliphatic heterocycles. The predicted octanol–water partition coefficient (Wildman–Crippen LogP) is 3.01. The summed E-state index contributed by atoms with van der Waals surface area (Å²) in [6, 6.07) is 1.28. The van der Waals surface area contributed by atoms with Crippen molar-refractivity contribution in [3.8, 4) is 11.6 Å². The van der Waals surface area contributed by atoms with E-state index in [2.05, 4.69) is 4.98 Å². The van der Waals surface area contributed by atoms with Gasteiger partial charge in [-0.05, 0) is 50.2 Å². The van der Waals surface area contributed by atoms with E-state index in [-0.39, 0.29) is 11.4 Å². The maximum absolute atomic E-state index is 11.0.